The van der Waals surface area contributed by atoms with Gasteiger partial charge in [-0.15, -0.1) is 0 Å². The minimum atomic E-state index is -0.213. The van der Waals surface area contributed by atoms with Crippen LogP contribution in [0.15, 0.2) is 9.98 Å². The van der Waals surface area contributed by atoms with Crippen molar-refractivity contribution in [3.63, 3.8) is 0 Å². The first kappa shape index (κ1) is 8.10. The van der Waals surface area contributed by atoms with Crippen LogP contribution in [0.3, 0.4) is 0 Å². The molecule has 3 atom stereocenters. The van der Waals surface area contributed by atoms with Crippen LogP contribution in [0.1, 0.15) is 32.1 Å². The molecule has 0 N–H and O–H groups in total. The van der Waals surface area contributed by atoms with Crippen LogP contribution >= 0.6 is 0 Å². The maximum Gasteiger partial charge on any atom is 0.235 e. The van der Waals surface area contributed by atoms with Gasteiger partial charge in [-0.25, -0.2) is 9.59 Å². The molecule has 0 radical (unpaired) electrons. The molecule has 4 heteroatoms. The first-order valence-electron chi connectivity index (χ1n) is 4.92. The van der Waals surface area contributed by atoms with Crippen molar-refractivity contribution in [2.45, 2.75) is 43.2 Å². The molecule has 3 rings (SSSR count). The highest BCUT2D eigenvalue weighted by atomic mass is 16.1. The van der Waals surface area contributed by atoms with E-state index in [9.17, 15) is 9.59 Å². The Kier molecular flexibility index (Phi) is 1.19. The van der Waals surface area contributed by atoms with Gasteiger partial charge in [0.15, 0.2) is 0 Å². The van der Waals surface area contributed by atoms with Crippen molar-refractivity contribution in [3.8, 4) is 0 Å². The molecular formula is C10H10N2O2. The molecule has 3 unspecified atom stereocenters. The average molecular weight is 190 g/mol. The molecule has 0 saturated heterocycles. The van der Waals surface area contributed by atoms with Crippen molar-refractivity contribution in [1.29, 1.82) is 0 Å². The van der Waals surface area contributed by atoms with E-state index in [2.05, 4.69) is 9.98 Å². The van der Waals surface area contributed by atoms with Gasteiger partial charge in [-0.1, -0.05) is 0 Å². The summed E-state index contributed by atoms with van der Waals surface area (Å²) in [5.41, 5.74) is -0.378. The second-order valence-corrected chi connectivity index (χ2v) is 4.73. The topological polar surface area (TPSA) is 58.9 Å². The molecule has 3 aliphatic carbocycles. The van der Waals surface area contributed by atoms with Gasteiger partial charge in [0.05, 0.1) is 11.1 Å². The van der Waals surface area contributed by atoms with Crippen LogP contribution in [0.25, 0.3) is 0 Å². The summed E-state index contributed by atoms with van der Waals surface area (Å²) < 4.78 is 0. The molecule has 3 saturated carbocycles. The smallest absolute Gasteiger partial charge is 0.211 e. The largest absolute Gasteiger partial charge is 0.235 e. The zero-order valence-electron chi connectivity index (χ0n) is 7.75. The highest BCUT2D eigenvalue weighted by Crippen LogP contribution is 2.82. The van der Waals surface area contributed by atoms with Crippen molar-refractivity contribution in [1.82, 2.24) is 0 Å². The molecule has 14 heavy (non-hydrogen) atoms. The van der Waals surface area contributed by atoms with E-state index in [0.29, 0.717) is 0 Å². The van der Waals surface area contributed by atoms with Gasteiger partial charge in [0.25, 0.3) is 0 Å². The first-order valence-corrected chi connectivity index (χ1v) is 4.92. The average Bonchev–Trinajstić information content (AvgIpc) is 2.79. The standard InChI is InChI=1S/C10H10N2O2/c13-6-11-9-2-1-8(9)5-10(8,4-3-9)12-7-14/h1-5H2. The predicted octanol–water partition coefficient (Wildman–Crippen LogP) is 1.11. The summed E-state index contributed by atoms with van der Waals surface area (Å²) in [6, 6.07) is 0. The Morgan fingerprint density at radius 2 is 1.43 bits per heavy atom. The van der Waals surface area contributed by atoms with E-state index in [4.69, 9.17) is 0 Å². The maximum absolute atomic E-state index is 10.4. The summed E-state index contributed by atoms with van der Waals surface area (Å²) >= 11 is 0. The quantitative estimate of drug-likeness (QED) is 0.483. The van der Waals surface area contributed by atoms with E-state index in [0.717, 1.165) is 32.1 Å². The lowest BCUT2D eigenvalue weighted by Crippen LogP contribution is -2.46. The Balaban J connectivity index is 2.04. The molecule has 4 nitrogen and oxygen atoms in total. The van der Waals surface area contributed by atoms with Crippen LogP contribution in [0.4, 0.5) is 0 Å². The summed E-state index contributed by atoms with van der Waals surface area (Å²) in [6.07, 6.45) is 8.03. The fourth-order valence-electron chi connectivity index (χ4n) is 3.79. The van der Waals surface area contributed by atoms with Crippen LogP contribution in [-0.2, 0) is 9.59 Å². The Bertz CT molecular complexity index is 404. The van der Waals surface area contributed by atoms with Gasteiger partial charge < -0.3 is 0 Å². The van der Waals surface area contributed by atoms with Gasteiger partial charge in [-0.2, -0.15) is 9.98 Å². The Morgan fingerprint density at radius 1 is 0.857 bits per heavy atom. The minimum absolute atomic E-state index is 0.0365. The zero-order chi connectivity index (χ0) is 9.86. The van der Waals surface area contributed by atoms with Crippen molar-refractivity contribution in [3.05, 3.63) is 0 Å². The van der Waals surface area contributed by atoms with E-state index < -0.39 is 0 Å². The second-order valence-electron chi connectivity index (χ2n) is 4.73. The first-order chi connectivity index (χ1) is 6.74. The van der Waals surface area contributed by atoms with Crippen molar-refractivity contribution < 1.29 is 9.59 Å². The number of isocyanates is 2. The summed E-state index contributed by atoms with van der Waals surface area (Å²) in [5.74, 6) is 0. The third-order valence-electron chi connectivity index (χ3n) is 4.69. The van der Waals surface area contributed by atoms with Crippen LogP contribution in [-0.4, -0.2) is 23.2 Å². The molecule has 0 aromatic heterocycles. The summed E-state index contributed by atoms with van der Waals surface area (Å²) in [7, 11) is 0. The molecule has 0 aliphatic heterocycles. The van der Waals surface area contributed by atoms with Crippen LogP contribution < -0.4 is 0 Å². The highest BCUT2D eigenvalue weighted by molar-refractivity contribution is 5.49. The molecule has 0 heterocycles. The highest BCUT2D eigenvalue weighted by Gasteiger charge is 2.85. The SMILES string of the molecule is O=C=NC12CCC3(N=C=O)CC13CC2. The summed E-state index contributed by atoms with van der Waals surface area (Å²) in [5, 5.41) is 0. The lowest BCUT2D eigenvalue weighted by Gasteiger charge is -2.43. The zero-order valence-corrected chi connectivity index (χ0v) is 7.75. The lowest BCUT2D eigenvalue weighted by molar-refractivity contribution is 0.116. The number of hydrogen-bond acceptors (Lipinski definition) is 4. The van der Waals surface area contributed by atoms with Gasteiger partial charge >= 0.3 is 0 Å². The summed E-state index contributed by atoms with van der Waals surface area (Å²) in [4.78, 5) is 28.6. The second kappa shape index (κ2) is 2.05. The third-order valence-corrected chi connectivity index (χ3v) is 4.69. The van der Waals surface area contributed by atoms with Gasteiger partial charge in [0.2, 0.25) is 12.2 Å². The Morgan fingerprint density at radius 3 is 2.00 bits per heavy atom. The molecule has 0 aromatic carbocycles. The molecule has 0 aromatic rings. The third kappa shape index (κ3) is 0.561. The normalized spacial score (nSPS) is 51.7. The predicted molar refractivity (Wildman–Crippen MR) is 47.2 cm³/mol. The van der Waals surface area contributed by atoms with E-state index >= 15 is 0 Å². The monoisotopic (exact) mass is 190 g/mol. The van der Waals surface area contributed by atoms with E-state index in [1.54, 1.807) is 12.2 Å². The molecule has 0 bridgehead atoms. The van der Waals surface area contributed by atoms with Crippen molar-refractivity contribution in [2.75, 3.05) is 0 Å². The van der Waals surface area contributed by atoms with E-state index in [1.165, 1.54) is 0 Å². The van der Waals surface area contributed by atoms with Crippen molar-refractivity contribution in [2.24, 2.45) is 15.4 Å². The molecule has 3 aliphatic rings. The van der Waals surface area contributed by atoms with Gasteiger partial charge in [-0.05, 0) is 32.1 Å². The molecular weight excluding hydrogens is 180 g/mol. The van der Waals surface area contributed by atoms with Crippen molar-refractivity contribution >= 4 is 12.2 Å². The Hall–Kier alpha value is -1.24. The number of aliphatic imine (C=N–C) groups is 2. The number of nitrogens with zero attached hydrogens (tertiary/aromatic N) is 2. The van der Waals surface area contributed by atoms with E-state index in [1.807, 2.05) is 0 Å². The van der Waals surface area contributed by atoms with Crippen LogP contribution in [0.5, 0.6) is 0 Å². The number of rotatable bonds is 2. The maximum atomic E-state index is 10.4. The van der Waals surface area contributed by atoms with Gasteiger partial charge in [0.1, 0.15) is 0 Å². The van der Waals surface area contributed by atoms with Crippen LogP contribution in [0.2, 0.25) is 0 Å². The summed E-state index contributed by atoms with van der Waals surface area (Å²) in [6.45, 7) is 0. The Labute approximate surface area is 81.1 Å². The minimum Gasteiger partial charge on any atom is -0.211 e. The lowest BCUT2D eigenvalue weighted by atomic mass is 9.64. The van der Waals surface area contributed by atoms with Crippen LogP contribution in [0, 0.1) is 5.41 Å². The molecule has 1 spiro atoms. The van der Waals surface area contributed by atoms with Gasteiger partial charge in [0, 0.05) is 5.41 Å². The number of carbonyl (C=O) groups excluding carboxylic acids is 2. The molecule has 72 valence electrons. The number of hydrogen-bond donors (Lipinski definition) is 0. The van der Waals surface area contributed by atoms with Gasteiger partial charge in [-0.3, -0.25) is 0 Å². The van der Waals surface area contributed by atoms with E-state index in [-0.39, 0.29) is 16.5 Å². The fourth-order valence-corrected chi connectivity index (χ4v) is 3.79. The fraction of sp³-hybridized carbons (Fsp3) is 0.800. The molecule has 3 fully saturated rings. The molecule has 0 amide bonds.